The first kappa shape index (κ1) is 24.7. The van der Waals surface area contributed by atoms with Crippen LogP contribution in [-0.2, 0) is 30.4 Å². The Morgan fingerprint density at radius 2 is 1.53 bits per heavy atom. The van der Waals surface area contributed by atoms with Crippen LogP contribution in [0.4, 0.5) is 4.79 Å². The second-order valence-corrected chi connectivity index (χ2v) is 7.99. The van der Waals surface area contributed by atoms with Gasteiger partial charge < -0.3 is 24.3 Å². The fourth-order valence-corrected chi connectivity index (χ4v) is 2.95. The average molecular weight is 443 g/mol. The molecule has 1 unspecified atom stereocenters. The molecule has 0 aromatic heterocycles. The van der Waals surface area contributed by atoms with Gasteiger partial charge in [0.1, 0.15) is 18.0 Å². The minimum Gasteiger partial charge on any atom is -0.489 e. The predicted octanol–water partition coefficient (Wildman–Crippen LogP) is 3.79. The van der Waals surface area contributed by atoms with E-state index < -0.39 is 35.6 Å². The van der Waals surface area contributed by atoms with Gasteiger partial charge in [0.15, 0.2) is 5.92 Å². The van der Waals surface area contributed by atoms with Crippen molar-refractivity contribution in [1.29, 1.82) is 0 Å². The van der Waals surface area contributed by atoms with Crippen LogP contribution >= 0.6 is 0 Å². The van der Waals surface area contributed by atoms with Crippen molar-refractivity contribution in [2.45, 2.75) is 39.0 Å². The van der Waals surface area contributed by atoms with E-state index in [4.69, 9.17) is 18.9 Å². The minimum absolute atomic E-state index is 0.325. The van der Waals surface area contributed by atoms with Crippen molar-refractivity contribution in [3.63, 3.8) is 0 Å². The van der Waals surface area contributed by atoms with Crippen molar-refractivity contribution in [3.05, 3.63) is 65.7 Å². The summed E-state index contributed by atoms with van der Waals surface area (Å²) in [6.07, 6.45) is -0.795. The van der Waals surface area contributed by atoms with Gasteiger partial charge in [-0.25, -0.2) is 4.79 Å². The zero-order valence-electron chi connectivity index (χ0n) is 18.9. The van der Waals surface area contributed by atoms with Gasteiger partial charge >= 0.3 is 18.0 Å². The summed E-state index contributed by atoms with van der Waals surface area (Å²) < 4.78 is 20.7. The number of hydrogen-bond donors (Lipinski definition) is 1. The molecular weight excluding hydrogens is 414 g/mol. The van der Waals surface area contributed by atoms with Crippen LogP contribution in [0, 0.1) is 5.92 Å². The lowest BCUT2D eigenvalue weighted by atomic mass is 9.92. The molecule has 0 fully saturated rings. The van der Waals surface area contributed by atoms with Gasteiger partial charge in [0.25, 0.3) is 0 Å². The maximum Gasteiger partial charge on any atom is 0.408 e. The molecule has 1 amide bonds. The average Bonchev–Trinajstić information content (AvgIpc) is 2.76. The number of methoxy groups -OCH3 is 2. The number of benzene rings is 2. The van der Waals surface area contributed by atoms with Crippen LogP contribution in [0.1, 0.15) is 37.9 Å². The molecule has 172 valence electrons. The van der Waals surface area contributed by atoms with Crippen molar-refractivity contribution in [2.75, 3.05) is 14.2 Å². The Morgan fingerprint density at radius 1 is 0.906 bits per heavy atom. The van der Waals surface area contributed by atoms with E-state index in [1.165, 1.54) is 0 Å². The molecule has 0 saturated heterocycles. The zero-order valence-corrected chi connectivity index (χ0v) is 18.9. The Labute approximate surface area is 187 Å². The molecule has 8 heteroatoms. The third-order valence-electron chi connectivity index (χ3n) is 4.38. The molecule has 0 radical (unpaired) electrons. The second kappa shape index (κ2) is 11.2. The minimum atomic E-state index is -1.44. The van der Waals surface area contributed by atoms with Crippen molar-refractivity contribution in [1.82, 2.24) is 5.32 Å². The van der Waals surface area contributed by atoms with Gasteiger partial charge in [-0.1, -0.05) is 42.5 Å². The number of nitrogens with one attached hydrogen (secondary N) is 1. The largest absolute Gasteiger partial charge is 0.489 e. The summed E-state index contributed by atoms with van der Waals surface area (Å²) in [5.74, 6) is -2.65. The van der Waals surface area contributed by atoms with Gasteiger partial charge in [-0.15, -0.1) is 0 Å². The fourth-order valence-electron chi connectivity index (χ4n) is 2.95. The summed E-state index contributed by atoms with van der Waals surface area (Å²) in [4.78, 5) is 37.4. The predicted molar refractivity (Wildman–Crippen MR) is 117 cm³/mol. The lowest BCUT2D eigenvalue weighted by Gasteiger charge is -2.27. The summed E-state index contributed by atoms with van der Waals surface area (Å²) >= 11 is 0. The van der Waals surface area contributed by atoms with E-state index in [1.807, 2.05) is 30.3 Å². The highest BCUT2D eigenvalue weighted by Crippen LogP contribution is 2.28. The molecule has 8 nitrogen and oxygen atoms in total. The Kier molecular flexibility index (Phi) is 8.63. The molecule has 2 aromatic rings. The smallest absolute Gasteiger partial charge is 0.408 e. The number of amides is 1. The molecule has 0 aliphatic carbocycles. The van der Waals surface area contributed by atoms with Crippen LogP contribution < -0.4 is 10.1 Å². The number of hydrogen-bond acceptors (Lipinski definition) is 7. The summed E-state index contributed by atoms with van der Waals surface area (Å²) in [7, 11) is 2.31. The van der Waals surface area contributed by atoms with E-state index in [9.17, 15) is 14.4 Å². The molecule has 2 rings (SSSR count). The SMILES string of the molecule is COC(=O)C(C(=O)OC)C(NC(=O)OC(C)(C)C)c1cccc(OCc2ccccc2)c1. The monoisotopic (exact) mass is 443 g/mol. The van der Waals surface area contributed by atoms with Crippen LogP contribution in [0.2, 0.25) is 0 Å². The van der Waals surface area contributed by atoms with Crippen molar-refractivity contribution >= 4 is 18.0 Å². The summed E-state index contributed by atoms with van der Waals surface area (Å²) in [5.41, 5.74) is 0.645. The van der Waals surface area contributed by atoms with Crippen LogP contribution in [0.25, 0.3) is 0 Å². The van der Waals surface area contributed by atoms with Gasteiger partial charge in [-0.2, -0.15) is 0 Å². The van der Waals surface area contributed by atoms with E-state index in [-0.39, 0.29) is 0 Å². The number of ether oxygens (including phenoxy) is 4. The first-order valence-electron chi connectivity index (χ1n) is 10.1. The number of carbonyl (C=O) groups is 3. The molecule has 0 bridgehead atoms. The molecular formula is C24H29NO7. The molecule has 0 spiro atoms. The van der Waals surface area contributed by atoms with E-state index in [0.29, 0.717) is 17.9 Å². The van der Waals surface area contributed by atoms with Crippen LogP contribution in [0.5, 0.6) is 5.75 Å². The van der Waals surface area contributed by atoms with Crippen LogP contribution in [0.15, 0.2) is 54.6 Å². The maximum absolute atomic E-state index is 12.5. The van der Waals surface area contributed by atoms with Crippen molar-refractivity contribution in [2.24, 2.45) is 5.92 Å². The van der Waals surface area contributed by atoms with Gasteiger partial charge in [-0.05, 0) is 44.0 Å². The number of carbonyl (C=O) groups excluding carboxylic acids is 3. The molecule has 0 heterocycles. The highest BCUT2D eigenvalue weighted by Gasteiger charge is 2.40. The first-order chi connectivity index (χ1) is 15.1. The van der Waals surface area contributed by atoms with Gasteiger partial charge in [-0.3, -0.25) is 9.59 Å². The third kappa shape index (κ3) is 7.30. The second-order valence-electron chi connectivity index (χ2n) is 7.99. The fraction of sp³-hybridized carbons (Fsp3) is 0.375. The standard InChI is InChI=1S/C24H29NO7/c1-24(2,3)32-23(28)25-20(19(21(26)29-4)22(27)30-5)17-12-9-13-18(14-17)31-15-16-10-7-6-8-11-16/h6-14,19-20H,15H2,1-5H3,(H,25,28). The highest BCUT2D eigenvalue weighted by atomic mass is 16.6. The van der Waals surface area contributed by atoms with Crippen molar-refractivity contribution < 1.29 is 33.3 Å². The highest BCUT2D eigenvalue weighted by molar-refractivity contribution is 5.96. The summed E-state index contributed by atoms with van der Waals surface area (Å²) in [6.45, 7) is 5.44. The van der Waals surface area contributed by atoms with Crippen LogP contribution in [0.3, 0.4) is 0 Å². The van der Waals surface area contributed by atoms with Gasteiger partial charge in [0.05, 0.1) is 20.3 Å². The van der Waals surface area contributed by atoms with E-state index in [0.717, 1.165) is 19.8 Å². The van der Waals surface area contributed by atoms with E-state index in [2.05, 4.69) is 5.32 Å². The quantitative estimate of drug-likeness (QED) is 0.376. The number of rotatable bonds is 8. The molecule has 2 aromatic carbocycles. The molecule has 0 aliphatic heterocycles. The zero-order chi connectivity index (χ0) is 23.7. The maximum atomic E-state index is 12.5. The molecule has 0 aliphatic rings. The Balaban J connectivity index is 2.36. The lowest BCUT2D eigenvalue weighted by molar-refractivity contribution is -0.160. The topological polar surface area (TPSA) is 100 Å². The molecule has 0 saturated carbocycles. The number of alkyl carbamates (subject to hydrolysis) is 1. The normalized spacial score (nSPS) is 11.9. The van der Waals surface area contributed by atoms with Gasteiger partial charge in [0.2, 0.25) is 0 Å². The first-order valence-corrected chi connectivity index (χ1v) is 10.1. The number of esters is 2. The van der Waals surface area contributed by atoms with Gasteiger partial charge in [0, 0.05) is 0 Å². The Morgan fingerprint density at radius 3 is 2.09 bits per heavy atom. The molecule has 1 atom stereocenters. The summed E-state index contributed by atoms with van der Waals surface area (Å²) in [5, 5.41) is 2.60. The molecule has 32 heavy (non-hydrogen) atoms. The van der Waals surface area contributed by atoms with E-state index >= 15 is 0 Å². The Bertz CT molecular complexity index is 905. The summed E-state index contributed by atoms with van der Waals surface area (Å²) in [6, 6.07) is 15.2. The van der Waals surface area contributed by atoms with Crippen molar-refractivity contribution in [3.8, 4) is 5.75 Å². The lowest BCUT2D eigenvalue weighted by Crippen LogP contribution is -2.43. The Hall–Kier alpha value is -3.55. The third-order valence-corrected chi connectivity index (χ3v) is 4.38. The van der Waals surface area contributed by atoms with Crippen LogP contribution in [-0.4, -0.2) is 37.9 Å². The molecule has 1 N–H and O–H groups in total. The van der Waals surface area contributed by atoms with E-state index in [1.54, 1.807) is 45.0 Å².